The van der Waals surface area contributed by atoms with Crippen LogP contribution in [0.1, 0.15) is 52.4 Å². The van der Waals surface area contributed by atoms with Gasteiger partial charge in [0.2, 0.25) is 11.8 Å². The minimum atomic E-state index is -0.770. The van der Waals surface area contributed by atoms with Crippen LogP contribution in [0.2, 0.25) is 0 Å². The fraction of sp³-hybridized carbons (Fsp3) is 0.737. The maximum absolute atomic E-state index is 12.3. The second-order valence-corrected chi connectivity index (χ2v) is 7.73. The third kappa shape index (κ3) is 7.12. The Labute approximate surface area is 170 Å². The lowest BCUT2D eigenvalue weighted by Crippen LogP contribution is -2.45. The molecule has 0 radical (unpaired) electrons. The lowest BCUT2D eigenvalue weighted by atomic mass is 10.4. The van der Waals surface area contributed by atoms with Crippen molar-refractivity contribution in [1.29, 1.82) is 0 Å². The topological polar surface area (TPSA) is 125 Å². The Kier molecular flexibility index (Phi) is 8.56. The highest BCUT2D eigenvalue weighted by Gasteiger charge is 2.33. The van der Waals surface area contributed by atoms with Crippen LogP contribution in [0.15, 0.2) is 0 Å². The molecule has 10 heteroatoms. The average Bonchev–Trinajstić information content (AvgIpc) is 3.22. The molecule has 0 aromatic carbocycles. The van der Waals surface area contributed by atoms with E-state index in [1.54, 1.807) is 0 Å². The first kappa shape index (κ1) is 22.8. The summed E-state index contributed by atoms with van der Waals surface area (Å²) in [6.45, 7) is 6.28. The summed E-state index contributed by atoms with van der Waals surface area (Å²) in [7, 11) is 0. The van der Waals surface area contributed by atoms with Gasteiger partial charge in [0, 0.05) is 38.9 Å². The first-order valence-corrected chi connectivity index (χ1v) is 10.1. The molecule has 0 aromatic heterocycles. The summed E-state index contributed by atoms with van der Waals surface area (Å²) >= 11 is 0. The standard InChI is InChI=1S/C19H30N4O6/c1-13(2)12-22-11-3-4-14(22)19(28)21-9-7-15(24)20-10-8-18(27)29-23-16(25)5-6-17(23)26/h13-14H,3-12H2,1-2H3,(H,20,24)(H,21,28)/i3+1,4+1,11+1,12+1,13+1,14+1,15+1,20+1,22+1. The average molecular weight is 419 g/mol. The van der Waals surface area contributed by atoms with Gasteiger partial charge in [-0.25, -0.2) is 4.79 Å². The van der Waals surface area contributed by atoms with Gasteiger partial charge in [-0.1, -0.05) is 13.8 Å². The van der Waals surface area contributed by atoms with E-state index in [2.05, 4.69) is 29.4 Å². The fourth-order valence-electron chi connectivity index (χ4n) is 3.43. The number of hydrogen-bond acceptors (Lipinski definition) is 7. The van der Waals surface area contributed by atoms with Crippen LogP contribution in [0.5, 0.6) is 0 Å². The molecule has 0 saturated carbocycles. The Balaban J connectivity index is 1.58. The lowest BCUT2D eigenvalue weighted by Gasteiger charge is -2.25. The van der Waals surface area contributed by atoms with Crippen molar-refractivity contribution in [2.24, 2.45) is 5.92 Å². The summed E-state index contributed by atoms with van der Waals surface area (Å²) in [6, 6.07) is -0.133. The van der Waals surface area contributed by atoms with E-state index in [-0.39, 0.29) is 56.6 Å². The van der Waals surface area contributed by atoms with Gasteiger partial charge < -0.3 is 15.5 Å². The van der Waals surface area contributed by atoms with E-state index in [4.69, 9.17) is 4.84 Å². The van der Waals surface area contributed by atoms with Gasteiger partial charge in [-0.05, 0) is 25.3 Å². The number of rotatable bonds is 10. The van der Waals surface area contributed by atoms with Gasteiger partial charge in [-0.15, -0.1) is 5.06 Å². The summed E-state index contributed by atoms with van der Waals surface area (Å²) < 4.78 is 0. The molecule has 0 aromatic rings. The Morgan fingerprint density at radius 1 is 1.07 bits per heavy atom. The van der Waals surface area contributed by atoms with Crippen LogP contribution in [0.25, 0.3) is 0 Å². The van der Waals surface area contributed by atoms with Gasteiger partial charge in [-0.2, -0.15) is 0 Å². The Morgan fingerprint density at radius 3 is 2.38 bits per heavy atom. The zero-order chi connectivity index (χ0) is 21.4. The molecule has 2 fully saturated rings. The summed E-state index contributed by atoms with van der Waals surface area (Å²) in [5, 5.41) is 5.83. The predicted octanol–water partition coefficient (Wildman–Crippen LogP) is -0.273. The lowest BCUT2D eigenvalue weighted by molar-refractivity contribution is -0.197. The third-order valence-corrected chi connectivity index (χ3v) is 4.77. The first-order valence-electron chi connectivity index (χ1n) is 10.1. The van der Waals surface area contributed by atoms with Crippen molar-refractivity contribution in [3.05, 3.63) is 0 Å². The van der Waals surface area contributed by atoms with Gasteiger partial charge in [0.05, 0.1) is 12.5 Å². The number of hydroxylamine groups is 2. The number of imide groups is 1. The monoisotopic (exact) mass is 419 g/mol. The molecule has 2 N–H and O–H groups in total. The van der Waals surface area contributed by atoms with Crippen molar-refractivity contribution in [2.75, 3.05) is 26.2 Å². The molecule has 4 amide bonds. The van der Waals surface area contributed by atoms with Gasteiger partial charge in [0.25, 0.3) is 11.8 Å². The Bertz CT molecular complexity index is 635. The van der Waals surface area contributed by atoms with Gasteiger partial charge in [0.15, 0.2) is 0 Å². The number of nitrogens with zero attached hydrogens (tertiary/aromatic N) is 2. The smallest absolute Gasteiger partial charge is 0.334 e. The molecule has 0 spiro atoms. The summed E-state index contributed by atoms with van der Waals surface area (Å²) in [4.78, 5) is 65.4. The van der Waals surface area contributed by atoms with Crippen molar-refractivity contribution in [3.8, 4) is 0 Å². The Morgan fingerprint density at radius 2 is 1.72 bits per heavy atom. The number of carbonyl (C=O) groups is 5. The van der Waals surface area contributed by atoms with Crippen molar-refractivity contribution in [3.63, 3.8) is 0 Å². The molecule has 2 rings (SSSR count). The molecule has 0 bridgehead atoms. The van der Waals surface area contributed by atoms with E-state index in [1.165, 1.54) is 0 Å². The van der Waals surface area contributed by atoms with E-state index < -0.39 is 17.8 Å². The van der Waals surface area contributed by atoms with Gasteiger partial charge in [-0.3, -0.25) is 24.1 Å². The van der Waals surface area contributed by atoms with Crippen molar-refractivity contribution in [2.45, 2.75) is 58.4 Å². The number of hydrogen-bond donors (Lipinski definition) is 2. The minimum Gasteiger partial charge on any atom is -0.355 e. The van der Waals surface area contributed by atoms with E-state index in [9.17, 15) is 24.0 Å². The van der Waals surface area contributed by atoms with Crippen LogP contribution in [-0.2, 0) is 28.8 Å². The Hall–Kier alpha value is -2.49. The van der Waals surface area contributed by atoms with Crippen LogP contribution in [0, 0.1) is 5.92 Å². The normalized spacial score (nSPS) is 19.7. The molecular formula is C19H30N4O6. The zero-order valence-electron chi connectivity index (χ0n) is 17.1. The minimum absolute atomic E-state index is 0.0205. The van der Waals surface area contributed by atoms with Crippen LogP contribution < -0.4 is 10.6 Å². The quantitative estimate of drug-likeness (QED) is 0.284. The third-order valence-electron chi connectivity index (χ3n) is 4.77. The summed E-state index contributed by atoms with van der Waals surface area (Å²) in [6.07, 6.45) is 1.82. The number of amides is 4. The molecule has 2 heterocycles. The number of nitrogens with one attached hydrogen (secondary N) is 2. The van der Waals surface area contributed by atoms with E-state index in [1.807, 2.05) is 0 Å². The molecule has 1 unspecified atom stereocenters. The van der Waals surface area contributed by atoms with Crippen molar-refractivity contribution in [1.82, 2.24) is 20.6 Å². The highest BCUT2D eigenvalue weighted by Crippen LogP contribution is 2.18. The second kappa shape index (κ2) is 10.9. The molecule has 29 heavy (non-hydrogen) atoms. The van der Waals surface area contributed by atoms with Crippen molar-refractivity contribution >= 4 is 29.6 Å². The first-order chi connectivity index (χ1) is 13.8. The zero-order valence-corrected chi connectivity index (χ0v) is 17.1. The van der Waals surface area contributed by atoms with E-state index in [0.29, 0.717) is 11.0 Å². The predicted molar refractivity (Wildman–Crippen MR) is 102 cm³/mol. The fourth-order valence-corrected chi connectivity index (χ4v) is 3.43. The summed E-state index contributed by atoms with van der Waals surface area (Å²) in [5.41, 5.74) is 0. The molecule has 10 nitrogen and oxygen atoms in total. The van der Waals surface area contributed by atoms with Gasteiger partial charge >= 0.3 is 5.97 Å². The maximum atomic E-state index is 12.3. The van der Waals surface area contributed by atoms with Crippen LogP contribution >= 0.6 is 0 Å². The molecule has 0 aliphatic carbocycles. The maximum Gasteiger partial charge on any atom is 0.334 e. The summed E-state index contributed by atoms with van der Waals surface area (Å²) in [5.74, 6) is -1.73. The highest BCUT2D eigenvalue weighted by atomic mass is 16.7. The van der Waals surface area contributed by atoms with Crippen LogP contribution in [-0.4, -0.2) is 71.8 Å². The molecule has 2 saturated heterocycles. The molecule has 2 aliphatic rings. The van der Waals surface area contributed by atoms with Crippen LogP contribution in [0.4, 0.5) is 0 Å². The number of likely N-dealkylation sites (tertiary alicyclic amines) is 1. The van der Waals surface area contributed by atoms with E-state index >= 15 is 0 Å². The van der Waals surface area contributed by atoms with Crippen molar-refractivity contribution < 1.29 is 28.8 Å². The number of carbonyl (C=O) groups excluding carboxylic acids is 5. The largest absolute Gasteiger partial charge is 0.355 e. The molecule has 2 aliphatic heterocycles. The van der Waals surface area contributed by atoms with Gasteiger partial charge in [0.1, 0.15) is 0 Å². The van der Waals surface area contributed by atoms with Crippen LogP contribution in [0.3, 0.4) is 0 Å². The molecular weight excluding hydrogens is 389 g/mol. The second-order valence-electron chi connectivity index (χ2n) is 7.73. The highest BCUT2D eigenvalue weighted by molar-refractivity contribution is 6.01. The molecule has 162 valence electrons. The SMILES string of the molecule is C[13CH](C)[13CH2][15N]1[13CH2][13CH2][13CH2][13CH]1C(=O)NCC[13C](=O)[15NH]CCC(=O)ON1C(=O)CCC1=O. The van der Waals surface area contributed by atoms with E-state index in [0.717, 1.165) is 25.9 Å². The molecule has 1 atom stereocenters.